The maximum absolute atomic E-state index is 12.7. The van der Waals surface area contributed by atoms with E-state index < -0.39 is 6.29 Å². The number of carbonyl (C=O) groups is 1. The molecule has 130 valence electrons. The van der Waals surface area contributed by atoms with Gasteiger partial charge in [-0.3, -0.25) is 9.59 Å². The van der Waals surface area contributed by atoms with E-state index in [1.165, 1.54) is 19.6 Å². The Bertz CT molecular complexity index is 1080. The highest BCUT2D eigenvalue weighted by molar-refractivity contribution is 6.12. The van der Waals surface area contributed by atoms with Crippen LogP contribution in [0.25, 0.3) is 11.0 Å². The smallest absolute Gasteiger partial charge is 0.231 e. The molecule has 3 aromatic rings. The fraction of sp³-hybridized carbons (Fsp3) is 0.100. The monoisotopic (exact) mass is 349 g/mol. The van der Waals surface area contributed by atoms with Crippen LogP contribution in [0.4, 0.5) is 5.69 Å². The van der Waals surface area contributed by atoms with Crippen molar-refractivity contribution < 1.29 is 18.7 Å². The predicted octanol–water partition coefficient (Wildman–Crippen LogP) is 3.34. The summed E-state index contributed by atoms with van der Waals surface area (Å²) in [5.74, 6) is 0.239. The highest BCUT2D eigenvalue weighted by atomic mass is 16.7. The Kier molecular flexibility index (Phi) is 4.02. The molecule has 0 aliphatic carbocycles. The molecule has 2 aromatic carbocycles. The van der Waals surface area contributed by atoms with Crippen LogP contribution in [-0.4, -0.2) is 19.2 Å². The fourth-order valence-electron chi connectivity index (χ4n) is 2.84. The van der Waals surface area contributed by atoms with E-state index in [0.29, 0.717) is 22.3 Å². The number of nitrogens with one attached hydrogen (secondary N) is 1. The Morgan fingerprint density at radius 2 is 1.85 bits per heavy atom. The zero-order chi connectivity index (χ0) is 18.1. The van der Waals surface area contributed by atoms with E-state index >= 15 is 0 Å². The van der Waals surface area contributed by atoms with Crippen molar-refractivity contribution in [3.63, 3.8) is 0 Å². The summed E-state index contributed by atoms with van der Waals surface area (Å²) in [6.45, 7) is 0. The minimum absolute atomic E-state index is 0.220. The minimum Gasteiger partial charge on any atom is -0.462 e. The summed E-state index contributed by atoms with van der Waals surface area (Å²) in [6, 6.07) is 13.9. The third-order valence-corrected chi connectivity index (χ3v) is 4.16. The zero-order valence-electron chi connectivity index (χ0n) is 13.9. The molecule has 4 rings (SSSR count). The SMILES string of the molecule is CO[C@@H]1Oc2ccccc2C(=O)/C1=C\Nc1coc2ccccc2c1=O. The van der Waals surface area contributed by atoms with Gasteiger partial charge in [0.15, 0.2) is 5.78 Å². The standard InChI is InChI=1S/C20H15NO5/c1-24-20-14(18(22)13-7-3-5-9-17(13)26-20)10-21-15-11-25-16-8-4-2-6-12(16)19(15)23/h2-11,20-21H,1H3/b14-10+/t20-/m1/s1. The third-order valence-electron chi connectivity index (χ3n) is 4.16. The average Bonchev–Trinajstić information content (AvgIpc) is 2.68. The van der Waals surface area contributed by atoms with Crippen molar-refractivity contribution in [1.82, 2.24) is 0 Å². The van der Waals surface area contributed by atoms with Crippen LogP contribution in [0.5, 0.6) is 5.75 Å². The molecule has 1 aliphatic rings. The number of methoxy groups -OCH3 is 1. The van der Waals surface area contributed by atoms with Gasteiger partial charge in [-0.2, -0.15) is 0 Å². The van der Waals surface area contributed by atoms with E-state index in [9.17, 15) is 9.59 Å². The molecule has 0 fully saturated rings. The van der Waals surface area contributed by atoms with Crippen LogP contribution in [0.3, 0.4) is 0 Å². The number of para-hydroxylation sites is 2. The van der Waals surface area contributed by atoms with Gasteiger partial charge >= 0.3 is 0 Å². The van der Waals surface area contributed by atoms with Crippen LogP contribution < -0.4 is 15.5 Å². The average molecular weight is 349 g/mol. The number of fused-ring (bicyclic) bond motifs is 2. The predicted molar refractivity (Wildman–Crippen MR) is 96.4 cm³/mol. The Hall–Kier alpha value is -3.38. The molecule has 26 heavy (non-hydrogen) atoms. The molecule has 0 saturated heterocycles. The number of benzene rings is 2. The lowest BCUT2D eigenvalue weighted by molar-refractivity contribution is -0.0283. The molecule has 0 amide bonds. The van der Waals surface area contributed by atoms with Crippen molar-refractivity contribution in [2.75, 3.05) is 12.4 Å². The first-order valence-electron chi connectivity index (χ1n) is 7.99. The molecule has 0 unspecified atom stereocenters. The van der Waals surface area contributed by atoms with Crippen molar-refractivity contribution in [2.45, 2.75) is 6.29 Å². The van der Waals surface area contributed by atoms with E-state index in [2.05, 4.69) is 5.32 Å². The molecular weight excluding hydrogens is 334 g/mol. The molecule has 6 heteroatoms. The maximum atomic E-state index is 12.7. The molecular formula is C20H15NO5. The first-order valence-corrected chi connectivity index (χ1v) is 7.99. The summed E-state index contributed by atoms with van der Waals surface area (Å²) in [5.41, 5.74) is 1.20. The first kappa shape index (κ1) is 16.1. The summed E-state index contributed by atoms with van der Waals surface area (Å²) < 4.78 is 16.4. The van der Waals surface area contributed by atoms with Gasteiger partial charge in [0.1, 0.15) is 23.3 Å². The number of ketones is 1. The number of anilines is 1. The third kappa shape index (κ3) is 2.66. The number of hydrogen-bond acceptors (Lipinski definition) is 6. The van der Waals surface area contributed by atoms with E-state index in [1.54, 1.807) is 48.5 Å². The lowest BCUT2D eigenvalue weighted by Crippen LogP contribution is -2.32. The Labute approximate surface area is 148 Å². The van der Waals surface area contributed by atoms with Crippen LogP contribution in [0.15, 0.2) is 75.8 Å². The molecule has 1 aliphatic heterocycles. The summed E-state index contributed by atoms with van der Waals surface area (Å²) in [6.07, 6.45) is 1.89. The lowest BCUT2D eigenvalue weighted by Gasteiger charge is -2.26. The largest absolute Gasteiger partial charge is 0.462 e. The number of Topliss-reactive ketones (excluding diaryl/α,β-unsaturated/α-hetero) is 1. The summed E-state index contributed by atoms with van der Waals surface area (Å²) in [5, 5.41) is 3.31. The Morgan fingerprint density at radius 3 is 2.69 bits per heavy atom. The van der Waals surface area contributed by atoms with Crippen molar-refractivity contribution >= 4 is 22.4 Å². The summed E-state index contributed by atoms with van der Waals surface area (Å²) >= 11 is 0. The Morgan fingerprint density at radius 1 is 1.08 bits per heavy atom. The topological polar surface area (TPSA) is 77.8 Å². The number of ether oxygens (including phenoxy) is 2. The van der Waals surface area contributed by atoms with E-state index in [0.717, 1.165) is 0 Å². The van der Waals surface area contributed by atoms with Gasteiger partial charge in [-0.25, -0.2) is 0 Å². The molecule has 1 atom stereocenters. The highest BCUT2D eigenvalue weighted by Gasteiger charge is 2.31. The van der Waals surface area contributed by atoms with Crippen LogP contribution >= 0.6 is 0 Å². The minimum atomic E-state index is -0.864. The normalized spacial score (nSPS) is 17.8. The van der Waals surface area contributed by atoms with Crippen molar-refractivity contribution in [2.24, 2.45) is 0 Å². The van der Waals surface area contributed by atoms with Gasteiger partial charge in [-0.1, -0.05) is 24.3 Å². The zero-order valence-corrected chi connectivity index (χ0v) is 13.9. The number of carbonyl (C=O) groups excluding carboxylic acids is 1. The van der Waals surface area contributed by atoms with Crippen LogP contribution in [-0.2, 0) is 4.74 Å². The summed E-state index contributed by atoms with van der Waals surface area (Å²) in [7, 11) is 1.45. The van der Waals surface area contributed by atoms with Crippen molar-refractivity contribution in [3.05, 3.63) is 82.4 Å². The van der Waals surface area contributed by atoms with Crippen molar-refractivity contribution in [3.8, 4) is 5.75 Å². The van der Waals surface area contributed by atoms with Gasteiger partial charge < -0.3 is 19.2 Å². The number of rotatable bonds is 3. The van der Waals surface area contributed by atoms with Gasteiger partial charge in [0.05, 0.1) is 16.5 Å². The van der Waals surface area contributed by atoms with Crippen molar-refractivity contribution in [1.29, 1.82) is 0 Å². The molecule has 2 heterocycles. The van der Waals surface area contributed by atoms with Crippen LogP contribution in [0, 0.1) is 0 Å². The molecule has 1 aromatic heterocycles. The van der Waals surface area contributed by atoms with Crippen LogP contribution in [0.1, 0.15) is 10.4 Å². The molecule has 6 nitrogen and oxygen atoms in total. The molecule has 0 spiro atoms. The quantitative estimate of drug-likeness (QED) is 0.731. The van der Waals surface area contributed by atoms with E-state index in [1.807, 2.05) is 0 Å². The Balaban J connectivity index is 1.71. The number of hydrogen-bond donors (Lipinski definition) is 1. The van der Waals surface area contributed by atoms with Gasteiger partial charge in [0.25, 0.3) is 0 Å². The molecule has 0 saturated carbocycles. The lowest BCUT2D eigenvalue weighted by atomic mass is 10.00. The van der Waals surface area contributed by atoms with E-state index in [-0.39, 0.29) is 22.5 Å². The van der Waals surface area contributed by atoms with Gasteiger partial charge in [-0.05, 0) is 24.3 Å². The van der Waals surface area contributed by atoms with Crippen LogP contribution in [0.2, 0.25) is 0 Å². The molecule has 0 bridgehead atoms. The van der Waals surface area contributed by atoms with E-state index in [4.69, 9.17) is 13.9 Å². The molecule has 1 N–H and O–H groups in total. The first-order chi connectivity index (χ1) is 12.7. The van der Waals surface area contributed by atoms with Gasteiger partial charge in [0.2, 0.25) is 11.7 Å². The van der Waals surface area contributed by atoms with Gasteiger partial charge in [-0.15, -0.1) is 0 Å². The van der Waals surface area contributed by atoms with Gasteiger partial charge in [0, 0.05) is 13.3 Å². The molecule has 0 radical (unpaired) electrons. The maximum Gasteiger partial charge on any atom is 0.231 e. The second-order valence-electron chi connectivity index (χ2n) is 5.73. The fourth-order valence-corrected chi connectivity index (χ4v) is 2.84. The second kappa shape index (κ2) is 6.50. The summed E-state index contributed by atoms with van der Waals surface area (Å²) in [4.78, 5) is 25.3. The highest BCUT2D eigenvalue weighted by Crippen LogP contribution is 2.30. The second-order valence-corrected chi connectivity index (χ2v) is 5.73.